The molecule has 1 aliphatic carbocycles. The molecule has 2 fully saturated rings. The van der Waals surface area contributed by atoms with Crippen LogP contribution < -0.4 is 10.2 Å². The number of hydrogen-bond acceptors (Lipinski definition) is 7. The van der Waals surface area contributed by atoms with Crippen molar-refractivity contribution in [3.05, 3.63) is 42.9 Å². The number of rotatable bonds is 5. The fourth-order valence-electron chi connectivity index (χ4n) is 4.83. The van der Waals surface area contributed by atoms with E-state index in [9.17, 15) is 4.79 Å². The highest BCUT2D eigenvalue weighted by Crippen LogP contribution is 2.32. The average molecular weight is 480 g/mol. The standard InChI is InChI=1S/C26H25N9O/c36-26(15-4-5-15)29-17-12-16(13-27-14-17)18-6-7-20-21(30-18)23(34-33-20)24-31-19-8-9-28-25(22(19)32-24)35-10-2-1-3-11-35/h6-9,12-15H,1-5,10-11H2,(H,29,36)(H,31,32)(H,33,34). The van der Waals surface area contributed by atoms with Gasteiger partial charge in [0.1, 0.15) is 11.0 Å². The van der Waals surface area contributed by atoms with Gasteiger partial charge in [0.25, 0.3) is 0 Å². The molecule has 2 aliphatic rings. The second-order valence-corrected chi connectivity index (χ2v) is 9.55. The van der Waals surface area contributed by atoms with Crippen molar-refractivity contribution in [1.29, 1.82) is 0 Å². The van der Waals surface area contributed by atoms with E-state index in [1.165, 1.54) is 19.3 Å². The molecule has 180 valence electrons. The highest BCUT2D eigenvalue weighted by Gasteiger charge is 2.29. The largest absolute Gasteiger partial charge is 0.355 e. The molecule has 1 saturated carbocycles. The second kappa shape index (κ2) is 8.40. The van der Waals surface area contributed by atoms with Crippen LogP contribution in [0.3, 0.4) is 0 Å². The number of fused-ring (bicyclic) bond motifs is 2. The van der Waals surface area contributed by atoms with Crippen molar-refractivity contribution in [3.63, 3.8) is 0 Å². The Morgan fingerprint density at radius 3 is 2.75 bits per heavy atom. The molecule has 0 aromatic carbocycles. The summed E-state index contributed by atoms with van der Waals surface area (Å²) in [6.07, 6.45) is 10.8. The summed E-state index contributed by atoms with van der Waals surface area (Å²) in [5.74, 6) is 1.75. The molecule has 5 aromatic rings. The topological polar surface area (TPSA) is 128 Å². The maximum Gasteiger partial charge on any atom is 0.227 e. The van der Waals surface area contributed by atoms with Crippen molar-refractivity contribution < 1.29 is 4.79 Å². The number of carbonyl (C=O) groups is 1. The molecule has 0 atom stereocenters. The lowest BCUT2D eigenvalue weighted by Gasteiger charge is -2.27. The molecule has 5 aromatic heterocycles. The van der Waals surface area contributed by atoms with Gasteiger partial charge in [-0.25, -0.2) is 15.0 Å². The molecule has 3 N–H and O–H groups in total. The minimum absolute atomic E-state index is 0.0535. The van der Waals surface area contributed by atoms with Gasteiger partial charge in [0, 0.05) is 37.0 Å². The smallest absolute Gasteiger partial charge is 0.227 e. The van der Waals surface area contributed by atoms with Gasteiger partial charge in [-0.1, -0.05) is 0 Å². The van der Waals surface area contributed by atoms with E-state index in [1.54, 1.807) is 12.4 Å². The molecule has 0 unspecified atom stereocenters. The molecule has 1 amide bonds. The normalized spacial score (nSPS) is 16.1. The summed E-state index contributed by atoms with van der Waals surface area (Å²) >= 11 is 0. The van der Waals surface area contributed by atoms with Crippen LogP contribution in [0.1, 0.15) is 32.1 Å². The number of anilines is 2. The molecule has 36 heavy (non-hydrogen) atoms. The van der Waals surface area contributed by atoms with Gasteiger partial charge in [-0.2, -0.15) is 5.10 Å². The van der Waals surface area contributed by atoms with Gasteiger partial charge in [0.05, 0.1) is 28.6 Å². The molecule has 10 nitrogen and oxygen atoms in total. The molecule has 1 saturated heterocycles. The van der Waals surface area contributed by atoms with E-state index < -0.39 is 0 Å². The first-order chi connectivity index (χ1) is 17.7. The molecule has 1 aliphatic heterocycles. The van der Waals surface area contributed by atoms with E-state index in [2.05, 4.69) is 35.4 Å². The third kappa shape index (κ3) is 3.74. The van der Waals surface area contributed by atoms with Gasteiger partial charge in [0.2, 0.25) is 5.91 Å². The number of aromatic nitrogens is 7. The van der Waals surface area contributed by atoms with E-state index in [0.717, 1.165) is 59.6 Å². The minimum Gasteiger partial charge on any atom is -0.355 e. The zero-order valence-electron chi connectivity index (χ0n) is 19.7. The number of H-pyrrole nitrogens is 2. The lowest BCUT2D eigenvalue weighted by Crippen LogP contribution is -2.30. The van der Waals surface area contributed by atoms with Crippen LogP contribution in [0.5, 0.6) is 0 Å². The van der Waals surface area contributed by atoms with E-state index in [4.69, 9.17) is 9.97 Å². The maximum absolute atomic E-state index is 12.2. The van der Waals surface area contributed by atoms with Gasteiger partial charge < -0.3 is 15.2 Å². The van der Waals surface area contributed by atoms with E-state index in [-0.39, 0.29) is 11.8 Å². The first-order valence-corrected chi connectivity index (χ1v) is 12.4. The summed E-state index contributed by atoms with van der Waals surface area (Å²) in [5, 5.41) is 10.6. The number of imidazole rings is 1. The Morgan fingerprint density at radius 1 is 1.00 bits per heavy atom. The number of aromatic amines is 2. The lowest BCUT2D eigenvalue weighted by atomic mass is 10.1. The Morgan fingerprint density at radius 2 is 1.89 bits per heavy atom. The van der Waals surface area contributed by atoms with Crippen LogP contribution in [-0.4, -0.2) is 54.1 Å². The van der Waals surface area contributed by atoms with Crippen LogP contribution >= 0.6 is 0 Å². The zero-order valence-corrected chi connectivity index (χ0v) is 19.7. The molecule has 0 bridgehead atoms. The minimum atomic E-state index is 0.0535. The summed E-state index contributed by atoms with van der Waals surface area (Å²) in [7, 11) is 0. The highest BCUT2D eigenvalue weighted by atomic mass is 16.2. The number of nitrogens with zero attached hydrogens (tertiary/aromatic N) is 6. The maximum atomic E-state index is 12.2. The third-order valence-corrected chi connectivity index (χ3v) is 6.92. The number of carbonyl (C=O) groups excluding carboxylic acids is 1. The van der Waals surface area contributed by atoms with Gasteiger partial charge in [-0.15, -0.1) is 0 Å². The fourth-order valence-corrected chi connectivity index (χ4v) is 4.83. The highest BCUT2D eigenvalue weighted by molar-refractivity contribution is 5.95. The number of amides is 1. The summed E-state index contributed by atoms with van der Waals surface area (Å²) in [5.41, 5.74) is 6.20. The molecular formula is C26H25N9O. The molecule has 0 radical (unpaired) electrons. The first-order valence-electron chi connectivity index (χ1n) is 12.4. The molecule has 7 rings (SSSR count). The second-order valence-electron chi connectivity index (χ2n) is 9.55. The quantitative estimate of drug-likeness (QED) is 0.343. The van der Waals surface area contributed by atoms with E-state index >= 15 is 0 Å². The summed E-state index contributed by atoms with van der Waals surface area (Å²) in [4.78, 5) is 36.7. The Balaban J connectivity index is 1.25. The van der Waals surface area contributed by atoms with Crippen LogP contribution in [0, 0.1) is 5.92 Å². The van der Waals surface area contributed by atoms with Crippen LogP contribution in [-0.2, 0) is 4.79 Å². The molecule has 0 spiro atoms. The van der Waals surface area contributed by atoms with Crippen molar-refractivity contribution in [2.24, 2.45) is 5.92 Å². The van der Waals surface area contributed by atoms with Crippen LogP contribution in [0.25, 0.3) is 44.8 Å². The summed E-state index contributed by atoms with van der Waals surface area (Å²) < 4.78 is 0. The number of nitrogens with one attached hydrogen (secondary N) is 3. The van der Waals surface area contributed by atoms with Gasteiger partial charge in [-0.3, -0.25) is 14.9 Å². The van der Waals surface area contributed by atoms with E-state index in [0.29, 0.717) is 22.7 Å². The first kappa shape index (κ1) is 21.0. The lowest BCUT2D eigenvalue weighted by molar-refractivity contribution is -0.117. The number of hydrogen-bond donors (Lipinski definition) is 3. The Bertz CT molecular complexity index is 1590. The zero-order chi connectivity index (χ0) is 24.1. The number of piperidine rings is 1. The van der Waals surface area contributed by atoms with Crippen LogP contribution in [0.15, 0.2) is 42.9 Å². The fraction of sp³-hybridized carbons (Fsp3) is 0.308. The van der Waals surface area contributed by atoms with Crippen LogP contribution in [0.2, 0.25) is 0 Å². The monoisotopic (exact) mass is 479 g/mol. The third-order valence-electron chi connectivity index (χ3n) is 6.92. The summed E-state index contributed by atoms with van der Waals surface area (Å²) in [6, 6.07) is 7.72. The van der Waals surface area contributed by atoms with Crippen molar-refractivity contribution in [1.82, 2.24) is 35.1 Å². The molecular weight excluding hydrogens is 454 g/mol. The van der Waals surface area contributed by atoms with Crippen molar-refractivity contribution in [2.75, 3.05) is 23.3 Å². The van der Waals surface area contributed by atoms with Gasteiger partial charge >= 0.3 is 0 Å². The van der Waals surface area contributed by atoms with Crippen molar-refractivity contribution in [2.45, 2.75) is 32.1 Å². The van der Waals surface area contributed by atoms with Gasteiger partial charge in [-0.05, 0) is 56.4 Å². The van der Waals surface area contributed by atoms with Crippen molar-refractivity contribution in [3.8, 4) is 22.8 Å². The average Bonchev–Trinajstić information content (AvgIpc) is 3.55. The predicted octanol–water partition coefficient (Wildman–Crippen LogP) is 4.30. The van der Waals surface area contributed by atoms with Crippen LogP contribution in [0.4, 0.5) is 11.5 Å². The van der Waals surface area contributed by atoms with E-state index in [1.807, 2.05) is 30.5 Å². The van der Waals surface area contributed by atoms with Crippen molar-refractivity contribution >= 4 is 39.5 Å². The molecule has 10 heteroatoms. The predicted molar refractivity (Wildman–Crippen MR) is 137 cm³/mol. The Kier molecular flexibility index (Phi) is 4.90. The summed E-state index contributed by atoms with van der Waals surface area (Å²) in [6.45, 7) is 2.00. The van der Waals surface area contributed by atoms with Gasteiger partial charge in [0.15, 0.2) is 17.3 Å². The Labute approximate surface area is 206 Å². The Hall–Kier alpha value is -4.34. The molecule has 6 heterocycles. The number of pyridine rings is 3. The SMILES string of the molecule is O=C(Nc1cncc(-c2ccc3[nH]nc(-c4nc5c(N6CCCCC6)nccc5[nH]4)c3n2)c1)C1CC1.